The van der Waals surface area contributed by atoms with Crippen LogP contribution in [0.3, 0.4) is 0 Å². The van der Waals surface area contributed by atoms with Crippen molar-refractivity contribution in [3.8, 4) is 11.5 Å². The van der Waals surface area contributed by atoms with E-state index >= 15 is 0 Å². The largest absolute Gasteiger partial charge is 0.454 e. The molecular weight excluding hydrogens is 278 g/mol. The van der Waals surface area contributed by atoms with Crippen molar-refractivity contribution in [3.05, 3.63) is 23.8 Å². The third-order valence-corrected chi connectivity index (χ3v) is 4.33. The topological polar surface area (TPSA) is 46.1 Å². The fourth-order valence-electron chi connectivity index (χ4n) is 3.01. The molecule has 1 aliphatic heterocycles. The number of benzene rings is 1. The van der Waals surface area contributed by atoms with Crippen LogP contribution in [0, 0.1) is 5.92 Å². The highest BCUT2D eigenvalue weighted by Crippen LogP contribution is 2.35. The van der Waals surface area contributed by atoms with Crippen LogP contribution in [0.2, 0.25) is 0 Å². The molecule has 120 valence electrons. The minimum Gasteiger partial charge on any atom is -0.454 e. The first-order valence-electron chi connectivity index (χ1n) is 8.04. The Morgan fingerprint density at radius 1 is 1.36 bits per heavy atom. The number of nitrogens with zero attached hydrogens (tertiary/aromatic N) is 2. The Labute approximate surface area is 132 Å². The van der Waals surface area contributed by atoms with Crippen LogP contribution in [-0.2, 0) is 6.54 Å². The predicted octanol–water partition coefficient (Wildman–Crippen LogP) is 2.61. The number of nitrogens with one attached hydrogen (secondary N) is 1. The van der Waals surface area contributed by atoms with Gasteiger partial charge in [-0.15, -0.1) is 0 Å². The first-order valence-corrected chi connectivity index (χ1v) is 8.04. The molecule has 0 bridgehead atoms. The standard InChI is InChI=1S/C17H25N3O2/c1-4-5-13-9-14(13)19-17(18-2)20(3)10-12-6-7-15-16(8-12)22-11-21-15/h6-8,13-14H,4-5,9-11H2,1-3H3,(H,18,19). The number of fused-ring (bicyclic) bond motifs is 1. The van der Waals surface area contributed by atoms with E-state index in [0.29, 0.717) is 12.8 Å². The monoisotopic (exact) mass is 303 g/mol. The van der Waals surface area contributed by atoms with Crippen molar-refractivity contribution < 1.29 is 9.47 Å². The Kier molecular flexibility index (Phi) is 4.41. The van der Waals surface area contributed by atoms with Gasteiger partial charge in [0.05, 0.1) is 0 Å². The lowest BCUT2D eigenvalue weighted by atomic mass is 10.2. The zero-order chi connectivity index (χ0) is 15.5. The maximum absolute atomic E-state index is 5.44. The molecule has 22 heavy (non-hydrogen) atoms. The minimum absolute atomic E-state index is 0.318. The first-order chi connectivity index (χ1) is 10.7. The van der Waals surface area contributed by atoms with Crippen molar-refractivity contribution in [3.63, 3.8) is 0 Å². The van der Waals surface area contributed by atoms with E-state index in [-0.39, 0.29) is 0 Å². The summed E-state index contributed by atoms with van der Waals surface area (Å²) in [4.78, 5) is 6.56. The molecule has 1 N–H and O–H groups in total. The van der Waals surface area contributed by atoms with E-state index in [1.807, 2.05) is 19.2 Å². The molecule has 1 aromatic carbocycles. The fraction of sp³-hybridized carbons (Fsp3) is 0.588. The average Bonchev–Trinajstić information content (AvgIpc) is 3.07. The minimum atomic E-state index is 0.318. The number of hydrogen-bond acceptors (Lipinski definition) is 3. The van der Waals surface area contributed by atoms with Crippen LogP contribution in [0.25, 0.3) is 0 Å². The molecule has 2 unspecified atom stereocenters. The molecule has 3 rings (SSSR count). The van der Waals surface area contributed by atoms with Crippen molar-refractivity contribution in [1.82, 2.24) is 10.2 Å². The fourth-order valence-corrected chi connectivity index (χ4v) is 3.01. The lowest BCUT2D eigenvalue weighted by molar-refractivity contribution is 0.174. The van der Waals surface area contributed by atoms with E-state index in [0.717, 1.165) is 29.9 Å². The Hall–Kier alpha value is -1.91. The lowest BCUT2D eigenvalue weighted by Crippen LogP contribution is -2.40. The molecule has 5 heteroatoms. The van der Waals surface area contributed by atoms with E-state index in [9.17, 15) is 0 Å². The van der Waals surface area contributed by atoms with Crippen molar-refractivity contribution in [2.75, 3.05) is 20.9 Å². The van der Waals surface area contributed by atoms with Gasteiger partial charge in [-0.25, -0.2) is 0 Å². The molecule has 5 nitrogen and oxygen atoms in total. The summed E-state index contributed by atoms with van der Waals surface area (Å²) < 4.78 is 10.8. The summed E-state index contributed by atoms with van der Waals surface area (Å²) in [7, 11) is 3.91. The van der Waals surface area contributed by atoms with Gasteiger partial charge in [-0.2, -0.15) is 0 Å². The van der Waals surface area contributed by atoms with E-state index in [1.165, 1.54) is 24.8 Å². The smallest absolute Gasteiger partial charge is 0.231 e. The van der Waals surface area contributed by atoms with E-state index in [2.05, 4.69) is 35.2 Å². The van der Waals surface area contributed by atoms with Crippen LogP contribution in [-0.4, -0.2) is 37.8 Å². The molecule has 2 atom stereocenters. The zero-order valence-corrected chi connectivity index (χ0v) is 13.6. The van der Waals surface area contributed by atoms with Crippen molar-refractivity contribution >= 4 is 5.96 Å². The second-order valence-corrected chi connectivity index (χ2v) is 6.13. The number of ether oxygens (including phenoxy) is 2. The van der Waals surface area contributed by atoms with Crippen molar-refractivity contribution in [2.45, 2.75) is 38.8 Å². The van der Waals surface area contributed by atoms with Gasteiger partial charge in [-0.1, -0.05) is 19.4 Å². The van der Waals surface area contributed by atoms with Crippen molar-refractivity contribution in [2.24, 2.45) is 10.9 Å². The quantitative estimate of drug-likeness (QED) is 0.671. The third-order valence-electron chi connectivity index (χ3n) is 4.33. The molecule has 0 spiro atoms. The third kappa shape index (κ3) is 3.29. The second kappa shape index (κ2) is 6.46. The highest BCUT2D eigenvalue weighted by atomic mass is 16.7. The molecule has 1 fully saturated rings. The van der Waals surface area contributed by atoms with Gasteiger partial charge < -0.3 is 19.7 Å². The summed E-state index contributed by atoms with van der Waals surface area (Å²) in [6.07, 6.45) is 3.83. The van der Waals surface area contributed by atoms with E-state index in [4.69, 9.17) is 9.47 Å². The Morgan fingerprint density at radius 3 is 2.95 bits per heavy atom. The summed E-state index contributed by atoms with van der Waals surface area (Å²) in [6, 6.07) is 6.69. The van der Waals surface area contributed by atoms with Gasteiger partial charge >= 0.3 is 0 Å². The Balaban J connectivity index is 1.57. The Morgan fingerprint density at radius 2 is 2.18 bits per heavy atom. The molecule has 0 amide bonds. The highest BCUT2D eigenvalue weighted by Gasteiger charge is 2.37. The maximum atomic E-state index is 5.44. The Bertz CT molecular complexity index is 559. The molecule has 1 saturated carbocycles. The SMILES string of the molecule is CCCC1CC1NC(=NC)N(C)Cc1ccc2c(c1)OCO2. The van der Waals surface area contributed by atoms with Crippen LogP contribution >= 0.6 is 0 Å². The summed E-state index contributed by atoms with van der Waals surface area (Å²) in [5, 5.41) is 3.57. The number of guanidine groups is 1. The van der Waals surface area contributed by atoms with Crippen LogP contribution in [0.1, 0.15) is 31.7 Å². The van der Waals surface area contributed by atoms with Gasteiger partial charge in [0.2, 0.25) is 6.79 Å². The van der Waals surface area contributed by atoms with Gasteiger partial charge in [0.15, 0.2) is 17.5 Å². The zero-order valence-electron chi connectivity index (χ0n) is 13.6. The van der Waals surface area contributed by atoms with Crippen molar-refractivity contribution in [1.29, 1.82) is 0 Å². The molecule has 2 aliphatic rings. The summed E-state index contributed by atoms with van der Waals surface area (Å²) in [5.41, 5.74) is 1.19. The first kappa shape index (κ1) is 15.0. The summed E-state index contributed by atoms with van der Waals surface area (Å²) in [5.74, 6) is 3.44. The van der Waals surface area contributed by atoms with Crippen LogP contribution in [0.4, 0.5) is 0 Å². The van der Waals surface area contributed by atoms with Crippen LogP contribution in [0.5, 0.6) is 11.5 Å². The maximum Gasteiger partial charge on any atom is 0.231 e. The molecule has 0 radical (unpaired) electrons. The summed E-state index contributed by atoms with van der Waals surface area (Å²) >= 11 is 0. The number of hydrogen-bond donors (Lipinski definition) is 1. The number of rotatable bonds is 5. The van der Waals surface area contributed by atoms with E-state index in [1.54, 1.807) is 0 Å². The summed E-state index contributed by atoms with van der Waals surface area (Å²) in [6.45, 7) is 3.36. The molecule has 1 heterocycles. The lowest BCUT2D eigenvalue weighted by Gasteiger charge is -2.22. The molecule has 0 aromatic heterocycles. The van der Waals surface area contributed by atoms with Gasteiger partial charge in [-0.05, 0) is 36.5 Å². The second-order valence-electron chi connectivity index (χ2n) is 6.13. The van der Waals surface area contributed by atoms with E-state index < -0.39 is 0 Å². The van der Waals surface area contributed by atoms with Crippen LogP contribution < -0.4 is 14.8 Å². The molecule has 1 aromatic rings. The van der Waals surface area contributed by atoms with Gasteiger partial charge in [0.25, 0.3) is 0 Å². The normalized spacial score (nSPS) is 22.6. The van der Waals surface area contributed by atoms with Crippen LogP contribution in [0.15, 0.2) is 23.2 Å². The number of aliphatic imine (C=N–C) groups is 1. The average molecular weight is 303 g/mol. The van der Waals surface area contributed by atoms with Gasteiger partial charge in [0.1, 0.15) is 0 Å². The molecular formula is C17H25N3O2. The highest BCUT2D eigenvalue weighted by molar-refractivity contribution is 5.80. The van der Waals surface area contributed by atoms with Gasteiger partial charge in [-0.3, -0.25) is 4.99 Å². The molecule has 0 saturated heterocycles. The predicted molar refractivity (Wildman–Crippen MR) is 87.3 cm³/mol. The van der Waals surface area contributed by atoms with Gasteiger partial charge in [0, 0.05) is 26.7 Å². The molecule has 1 aliphatic carbocycles.